The molecule has 6 heteroatoms. The first-order valence-electron chi connectivity index (χ1n) is 5.43. The molecule has 0 aliphatic heterocycles. The van der Waals surface area contributed by atoms with Gasteiger partial charge in [0.2, 0.25) is 5.91 Å². The molecular formula is C12H16N2O4. The lowest BCUT2D eigenvalue weighted by molar-refractivity contribution is -0.119. The number of nitrogens with zero attached hydrogens (tertiary/aromatic N) is 1. The van der Waals surface area contributed by atoms with Crippen LogP contribution in [-0.2, 0) is 4.79 Å². The van der Waals surface area contributed by atoms with Gasteiger partial charge in [0.05, 0.1) is 6.21 Å². The van der Waals surface area contributed by atoms with Crippen LogP contribution in [0.25, 0.3) is 0 Å². The number of hydrogen-bond acceptors (Lipinski definition) is 5. The summed E-state index contributed by atoms with van der Waals surface area (Å²) in [5.74, 6) is -0.286. The van der Waals surface area contributed by atoms with E-state index < -0.39 is 12.2 Å². The molecular weight excluding hydrogens is 236 g/mol. The molecule has 1 rings (SSSR count). The largest absolute Gasteiger partial charge is 0.411 e. The van der Waals surface area contributed by atoms with Crippen LogP contribution in [0.1, 0.15) is 24.2 Å². The summed E-state index contributed by atoms with van der Waals surface area (Å²) in [6.45, 7) is 1.27. The van der Waals surface area contributed by atoms with Gasteiger partial charge in [-0.3, -0.25) is 4.79 Å². The van der Waals surface area contributed by atoms with Crippen molar-refractivity contribution in [2.45, 2.75) is 19.1 Å². The van der Waals surface area contributed by atoms with E-state index in [1.807, 2.05) is 0 Å². The number of oxime groups is 1. The maximum Gasteiger partial charge on any atom is 0.216 e. The highest BCUT2D eigenvalue weighted by Gasteiger charge is 2.20. The number of benzene rings is 1. The molecule has 0 aliphatic carbocycles. The summed E-state index contributed by atoms with van der Waals surface area (Å²) >= 11 is 0. The van der Waals surface area contributed by atoms with Gasteiger partial charge in [-0.05, 0) is 5.56 Å². The molecule has 0 aromatic heterocycles. The Morgan fingerprint density at radius 3 is 2.72 bits per heavy atom. The molecule has 2 unspecified atom stereocenters. The number of rotatable bonds is 5. The van der Waals surface area contributed by atoms with Gasteiger partial charge in [0.1, 0.15) is 12.2 Å². The van der Waals surface area contributed by atoms with Crippen LogP contribution in [0.2, 0.25) is 0 Å². The Labute approximate surface area is 105 Å². The van der Waals surface area contributed by atoms with Crippen LogP contribution in [0.5, 0.6) is 0 Å². The molecule has 0 radical (unpaired) electrons. The lowest BCUT2D eigenvalue weighted by Gasteiger charge is -2.19. The third kappa shape index (κ3) is 3.83. The normalized spacial score (nSPS) is 14.4. The van der Waals surface area contributed by atoms with Crippen molar-refractivity contribution in [3.05, 3.63) is 35.4 Å². The highest BCUT2D eigenvalue weighted by Crippen LogP contribution is 2.19. The quantitative estimate of drug-likeness (QED) is 0.337. The molecule has 0 aliphatic rings. The Kier molecular flexibility index (Phi) is 5.29. The number of hydrogen-bond donors (Lipinski definition) is 4. The Bertz CT molecular complexity index is 434. The van der Waals surface area contributed by atoms with E-state index in [0.29, 0.717) is 11.1 Å². The number of nitrogens with one attached hydrogen (secondary N) is 1. The zero-order valence-electron chi connectivity index (χ0n) is 9.95. The van der Waals surface area contributed by atoms with E-state index in [1.165, 1.54) is 13.1 Å². The van der Waals surface area contributed by atoms with Gasteiger partial charge in [-0.15, -0.1) is 0 Å². The Hall–Kier alpha value is -1.92. The molecule has 1 aromatic rings. The van der Waals surface area contributed by atoms with Crippen molar-refractivity contribution < 1.29 is 20.2 Å². The molecule has 2 atom stereocenters. The van der Waals surface area contributed by atoms with Crippen molar-refractivity contribution in [2.24, 2.45) is 5.16 Å². The van der Waals surface area contributed by atoms with Crippen molar-refractivity contribution in [1.82, 2.24) is 5.32 Å². The van der Waals surface area contributed by atoms with Crippen LogP contribution in [-0.4, -0.2) is 40.2 Å². The van der Waals surface area contributed by atoms with E-state index in [-0.39, 0.29) is 12.5 Å². The van der Waals surface area contributed by atoms with Crippen LogP contribution in [0.4, 0.5) is 0 Å². The minimum absolute atomic E-state index is 0.0545. The van der Waals surface area contributed by atoms with Gasteiger partial charge < -0.3 is 20.7 Å². The zero-order valence-corrected chi connectivity index (χ0v) is 9.95. The first-order valence-corrected chi connectivity index (χ1v) is 5.43. The van der Waals surface area contributed by atoms with Crippen molar-refractivity contribution in [3.8, 4) is 0 Å². The molecule has 4 N–H and O–H groups in total. The topological polar surface area (TPSA) is 102 Å². The smallest absolute Gasteiger partial charge is 0.216 e. The summed E-state index contributed by atoms with van der Waals surface area (Å²) in [7, 11) is 0. The van der Waals surface area contributed by atoms with Crippen molar-refractivity contribution in [3.63, 3.8) is 0 Å². The van der Waals surface area contributed by atoms with Crippen LogP contribution in [0, 0.1) is 0 Å². The maximum atomic E-state index is 10.7. The number of aliphatic hydroxyl groups is 2. The molecule has 1 amide bonds. The van der Waals surface area contributed by atoms with E-state index in [9.17, 15) is 15.0 Å². The monoisotopic (exact) mass is 252 g/mol. The van der Waals surface area contributed by atoms with Crippen LogP contribution < -0.4 is 5.32 Å². The molecule has 98 valence electrons. The van der Waals surface area contributed by atoms with Crippen molar-refractivity contribution in [2.75, 3.05) is 6.54 Å². The van der Waals surface area contributed by atoms with Crippen molar-refractivity contribution >= 4 is 12.1 Å². The second-order valence-corrected chi connectivity index (χ2v) is 3.82. The maximum absolute atomic E-state index is 10.7. The second-order valence-electron chi connectivity index (χ2n) is 3.82. The fraction of sp³-hybridized carbons (Fsp3) is 0.333. The fourth-order valence-corrected chi connectivity index (χ4v) is 1.53. The van der Waals surface area contributed by atoms with Crippen LogP contribution >= 0.6 is 0 Å². The zero-order chi connectivity index (χ0) is 13.5. The lowest BCUT2D eigenvalue weighted by atomic mass is 9.99. The third-order valence-corrected chi connectivity index (χ3v) is 2.44. The molecule has 6 nitrogen and oxygen atoms in total. The summed E-state index contributed by atoms with van der Waals surface area (Å²) in [5, 5.41) is 33.5. The van der Waals surface area contributed by atoms with Crippen molar-refractivity contribution in [1.29, 1.82) is 0 Å². The Morgan fingerprint density at radius 2 is 2.11 bits per heavy atom. The average molecular weight is 252 g/mol. The summed E-state index contributed by atoms with van der Waals surface area (Å²) < 4.78 is 0. The number of carbonyl (C=O) groups excluding carboxylic acids is 1. The van der Waals surface area contributed by atoms with Gasteiger partial charge in [-0.1, -0.05) is 29.4 Å². The van der Waals surface area contributed by atoms with Gasteiger partial charge in [0.15, 0.2) is 0 Å². The van der Waals surface area contributed by atoms with Gasteiger partial charge in [0.25, 0.3) is 0 Å². The second kappa shape index (κ2) is 6.73. The SMILES string of the molecule is CC(=O)NCC(O)C(O)c1ccccc1C=NO. The first kappa shape index (κ1) is 14.1. The minimum atomic E-state index is -1.17. The summed E-state index contributed by atoms with van der Waals surface area (Å²) in [6.07, 6.45) is -1.14. The molecule has 0 spiro atoms. The summed E-state index contributed by atoms with van der Waals surface area (Å²) in [5.41, 5.74) is 0.919. The van der Waals surface area contributed by atoms with E-state index >= 15 is 0 Å². The van der Waals surface area contributed by atoms with Gasteiger partial charge >= 0.3 is 0 Å². The summed E-state index contributed by atoms with van der Waals surface area (Å²) in [4.78, 5) is 10.7. The van der Waals surface area contributed by atoms with Crippen LogP contribution in [0.15, 0.2) is 29.4 Å². The van der Waals surface area contributed by atoms with E-state index in [4.69, 9.17) is 5.21 Å². The van der Waals surface area contributed by atoms with Gasteiger partial charge in [0, 0.05) is 19.0 Å². The Balaban J connectivity index is 2.82. The summed E-state index contributed by atoms with van der Waals surface area (Å²) in [6, 6.07) is 6.66. The van der Waals surface area contributed by atoms with Crippen LogP contribution in [0.3, 0.4) is 0 Å². The van der Waals surface area contributed by atoms with Gasteiger partial charge in [-0.25, -0.2) is 0 Å². The number of amides is 1. The standard InChI is InChI=1S/C12H16N2O4/c1-8(15)13-7-11(16)12(17)10-5-3-2-4-9(10)6-14-18/h2-6,11-12,16-18H,7H2,1H3,(H,13,15). The molecule has 0 saturated heterocycles. The minimum Gasteiger partial charge on any atom is -0.411 e. The molecule has 18 heavy (non-hydrogen) atoms. The molecule has 0 bridgehead atoms. The average Bonchev–Trinajstić information content (AvgIpc) is 2.36. The van der Waals surface area contributed by atoms with Gasteiger partial charge in [-0.2, -0.15) is 0 Å². The Morgan fingerprint density at radius 1 is 1.44 bits per heavy atom. The fourth-order valence-electron chi connectivity index (χ4n) is 1.53. The third-order valence-electron chi connectivity index (χ3n) is 2.44. The molecule has 1 aromatic carbocycles. The first-order chi connectivity index (χ1) is 8.56. The molecule has 0 fully saturated rings. The predicted molar refractivity (Wildman–Crippen MR) is 65.5 cm³/mol. The highest BCUT2D eigenvalue weighted by atomic mass is 16.4. The van der Waals surface area contributed by atoms with E-state index in [2.05, 4.69) is 10.5 Å². The van der Waals surface area contributed by atoms with E-state index in [0.717, 1.165) is 0 Å². The predicted octanol–water partition coefficient (Wildman–Crippen LogP) is 0.0251. The molecule has 0 saturated carbocycles. The van der Waals surface area contributed by atoms with E-state index in [1.54, 1.807) is 24.3 Å². The number of aliphatic hydroxyl groups excluding tert-OH is 2. The molecule has 0 heterocycles. The lowest BCUT2D eigenvalue weighted by Crippen LogP contribution is -2.34. The highest BCUT2D eigenvalue weighted by molar-refractivity contribution is 5.81. The number of carbonyl (C=O) groups is 1.